The van der Waals surface area contributed by atoms with Crippen LogP contribution in [0, 0.1) is 23.3 Å². The maximum Gasteiger partial charge on any atom is 0.306 e. The van der Waals surface area contributed by atoms with E-state index in [-0.39, 0.29) is 19.4 Å². The summed E-state index contributed by atoms with van der Waals surface area (Å²) in [6.07, 6.45) is 5.75. The second-order valence-corrected chi connectivity index (χ2v) is 6.11. The molecule has 0 bridgehead atoms. The summed E-state index contributed by atoms with van der Waals surface area (Å²) in [4.78, 5) is 23.0. The average Bonchev–Trinajstić information content (AvgIpc) is 2.65. The molecule has 1 rings (SSSR count). The third-order valence-electron chi connectivity index (χ3n) is 3.86. The smallest absolute Gasteiger partial charge is 0.306 e. The van der Waals surface area contributed by atoms with E-state index in [1.165, 1.54) is 6.42 Å². The minimum atomic E-state index is -1.97. The minimum absolute atomic E-state index is 0.219. The molecule has 0 saturated heterocycles. The Morgan fingerprint density at radius 2 is 1.41 bits per heavy atom. The molecule has 0 aliphatic heterocycles. The van der Waals surface area contributed by atoms with E-state index < -0.39 is 47.4 Å². The molecule has 0 fully saturated rings. The molecule has 0 atom stereocenters. The maximum absolute atomic E-state index is 13.4. The Labute approximate surface area is 155 Å². The fourth-order valence-electron chi connectivity index (χ4n) is 2.30. The first-order valence-corrected chi connectivity index (χ1v) is 8.99. The van der Waals surface area contributed by atoms with Gasteiger partial charge in [0.1, 0.15) is 6.61 Å². The molecular weight excluding hydrogens is 368 g/mol. The minimum Gasteiger partial charge on any atom is -0.466 e. The van der Waals surface area contributed by atoms with Gasteiger partial charge in [-0.2, -0.15) is 0 Å². The number of carbonyl (C=O) groups excluding carboxylic acids is 2. The monoisotopic (exact) mass is 392 g/mol. The van der Waals surface area contributed by atoms with Gasteiger partial charge in [0.2, 0.25) is 0 Å². The number of unbranched alkanes of at least 4 members (excludes halogenated alkanes) is 5. The van der Waals surface area contributed by atoms with Gasteiger partial charge in [-0.05, 0) is 12.5 Å². The summed E-state index contributed by atoms with van der Waals surface area (Å²) in [6, 6.07) is 0.413. The van der Waals surface area contributed by atoms with Crippen molar-refractivity contribution in [1.29, 1.82) is 0 Å². The fourth-order valence-corrected chi connectivity index (χ4v) is 2.30. The van der Waals surface area contributed by atoms with E-state index in [2.05, 4.69) is 11.7 Å². The lowest BCUT2D eigenvalue weighted by atomic mass is 10.1. The standard InChI is InChI=1S/C19H24F4O4/c1-2-3-4-5-6-7-10-26-15(24)8-9-16(25)27-12-13-11-14(20)18(22)19(23)17(13)21/h11H,2-10,12H2,1H3. The summed E-state index contributed by atoms with van der Waals surface area (Å²) in [7, 11) is 0. The molecule has 0 aliphatic carbocycles. The second-order valence-electron chi connectivity index (χ2n) is 6.11. The zero-order valence-electron chi connectivity index (χ0n) is 15.3. The van der Waals surface area contributed by atoms with Gasteiger partial charge >= 0.3 is 11.9 Å². The van der Waals surface area contributed by atoms with Gasteiger partial charge in [-0.25, -0.2) is 17.6 Å². The highest BCUT2D eigenvalue weighted by atomic mass is 19.2. The molecule has 0 aromatic heterocycles. The molecule has 1 aromatic carbocycles. The zero-order valence-corrected chi connectivity index (χ0v) is 15.3. The fraction of sp³-hybridized carbons (Fsp3) is 0.579. The third kappa shape index (κ3) is 8.41. The van der Waals surface area contributed by atoms with Crippen LogP contribution in [-0.2, 0) is 25.7 Å². The zero-order chi connectivity index (χ0) is 20.2. The molecule has 4 nitrogen and oxygen atoms in total. The van der Waals surface area contributed by atoms with Gasteiger partial charge in [0.15, 0.2) is 23.3 Å². The Balaban J connectivity index is 2.23. The van der Waals surface area contributed by atoms with Crippen molar-refractivity contribution in [3.05, 3.63) is 34.9 Å². The summed E-state index contributed by atoms with van der Waals surface area (Å²) in [5.41, 5.74) is -0.634. The molecule has 0 spiro atoms. The van der Waals surface area contributed by atoms with Gasteiger partial charge in [-0.1, -0.05) is 39.0 Å². The van der Waals surface area contributed by atoms with E-state index in [0.29, 0.717) is 6.07 Å². The molecule has 0 radical (unpaired) electrons. The Morgan fingerprint density at radius 1 is 0.815 bits per heavy atom. The predicted octanol–water partition coefficient (Wildman–Crippen LogP) is 4.97. The van der Waals surface area contributed by atoms with E-state index >= 15 is 0 Å². The number of hydrogen-bond donors (Lipinski definition) is 0. The van der Waals surface area contributed by atoms with Gasteiger partial charge in [-0.15, -0.1) is 0 Å². The van der Waals surface area contributed by atoms with Gasteiger partial charge in [0.25, 0.3) is 0 Å². The predicted molar refractivity (Wildman–Crippen MR) is 89.6 cm³/mol. The van der Waals surface area contributed by atoms with Crippen LogP contribution in [0.1, 0.15) is 63.9 Å². The van der Waals surface area contributed by atoms with Gasteiger partial charge in [-0.3, -0.25) is 9.59 Å². The quantitative estimate of drug-likeness (QED) is 0.166. The Morgan fingerprint density at radius 3 is 2.07 bits per heavy atom. The first-order chi connectivity index (χ1) is 12.9. The highest BCUT2D eigenvalue weighted by Crippen LogP contribution is 2.19. The maximum atomic E-state index is 13.4. The highest BCUT2D eigenvalue weighted by Gasteiger charge is 2.19. The van der Waals surface area contributed by atoms with Crippen molar-refractivity contribution in [2.75, 3.05) is 6.61 Å². The lowest BCUT2D eigenvalue weighted by molar-refractivity contribution is -0.151. The van der Waals surface area contributed by atoms with Crippen LogP contribution in [0.2, 0.25) is 0 Å². The lowest BCUT2D eigenvalue weighted by Crippen LogP contribution is -2.12. The molecule has 0 heterocycles. The number of halogens is 4. The van der Waals surface area contributed by atoms with E-state index in [4.69, 9.17) is 4.74 Å². The van der Waals surface area contributed by atoms with Crippen molar-refractivity contribution in [1.82, 2.24) is 0 Å². The Hall–Kier alpha value is -2.12. The van der Waals surface area contributed by atoms with Crippen molar-refractivity contribution in [2.24, 2.45) is 0 Å². The van der Waals surface area contributed by atoms with Crippen LogP contribution in [0.4, 0.5) is 17.6 Å². The molecule has 0 N–H and O–H groups in total. The summed E-state index contributed by atoms with van der Waals surface area (Å²) in [5, 5.41) is 0. The van der Waals surface area contributed by atoms with Gasteiger partial charge < -0.3 is 9.47 Å². The van der Waals surface area contributed by atoms with Crippen molar-refractivity contribution in [2.45, 2.75) is 64.9 Å². The van der Waals surface area contributed by atoms with Crippen LogP contribution < -0.4 is 0 Å². The van der Waals surface area contributed by atoms with E-state index in [0.717, 1.165) is 32.1 Å². The van der Waals surface area contributed by atoms with Crippen molar-refractivity contribution < 1.29 is 36.6 Å². The third-order valence-corrected chi connectivity index (χ3v) is 3.86. The molecule has 8 heteroatoms. The Bertz CT molecular complexity index is 635. The summed E-state index contributed by atoms with van der Waals surface area (Å²) in [6.45, 7) is 1.63. The van der Waals surface area contributed by atoms with Crippen molar-refractivity contribution in [3.8, 4) is 0 Å². The lowest BCUT2D eigenvalue weighted by Gasteiger charge is -2.08. The average molecular weight is 392 g/mol. The summed E-state index contributed by atoms with van der Waals surface area (Å²) in [5.74, 6) is -8.55. The number of carbonyl (C=O) groups is 2. The molecule has 0 saturated carbocycles. The van der Waals surface area contributed by atoms with Crippen LogP contribution >= 0.6 is 0 Å². The molecule has 152 valence electrons. The first kappa shape index (κ1) is 22.9. The van der Waals surface area contributed by atoms with Crippen LogP contribution in [0.25, 0.3) is 0 Å². The number of hydrogen-bond acceptors (Lipinski definition) is 4. The molecule has 0 unspecified atom stereocenters. The van der Waals surface area contributed by atoms with Crippen molar-refractivity contribution >= 4 is 11.9 Å². The number of rotatable bonds is 12. The summed E-state index contributed by atoms with van der Waals surface area (Å²) < 4.78 is 62.0. The van der Waals surface area contributed by atoms with Crippen LogP contribution in [0.3, 0.4) is 0 Å². The second kappa shape index (κ2) is 12.3. The largest absolute Gasteiger partial charge is 0.466 e. The summed E-state index contributed by atoms with van der Waals surface area (Å²) >= 11 is 0. The molecule has 27 heavy (non-hydrogen) atoms. The SMILES string of the molecule is CCCCCCCCOC(=O)CCC(=O)OCc1cc(F)c(F)c(F)c1F. The first-order valence-electron chi connectivity index (χ1n) is 8.99. The number of ether oxygens (including phenoxy) is 2. The Kier molecular flexibility index (Phi) is 10.4. The van der Waals surface area contributed by atoms with Crippen molar-refractivity contribution in [3.63, 3.8) is 0 Å². The van der Waals surface area contributed by atoms with Crippen LogP contribution in [0.15, 0.2) is 6.07 Å². The van der Waals surface area contributed by atoms with E-state index in [1.54, 1.807) is 0 Å². The van der Waals surface area contributed by atoms with Crippen LogP contribution in [0.5, 0.6) is 0 Å². The van der Waals surface area contributed by atoms with Crippen LogP contribution in [-0.4, -0.2) is 18.5 Å². The topological polar surface area (TPSA) is 52.6 Å². The molecule has 0 aliphatic rings. The normalized spacial score (nSPS) is 10.7. The van der Waals surface area contributed by atoms with E-state index in [9.17, 15) is 27.2 Å². The number of esters is 2. The molecule has 0 amide bonds. The molecule has 1 aromatic rings. The van der Waals surface area contributed by atoms with E-state index in [1.807, 2.05) is 0 Å². The van der Waals surface area contributed by atoms with Gasteiger partial charge in [0.05, 0.1) is 19.4 Å². The number of benzene rings is 1. The van der Waals surface area contributed by atoms with Gasteiger partial charge in [0, 0.05) is 5.56 Å². The highest BCUT2D eigenvalue weighted by molar-refractivity contribution is 5.77. The molecular formula is C19H24F4O4.